The Morgan fingerprint density at radius 1 is 1.50 bits per heavy atom. The molecule has 0 saturated carbocycles. The van der Waals surface area contributed by atoms with E-state index in [0.717, 1.165) is 0 Å². The number of anilines is 1. The second kappa shape index (κ2) is 5.81. The van der Waals surface area contributed by atoms with Gasteiger partial charge in [-0.1, -0.05) is 6.92 Å². The van der Waals surface area contributed by atoms with Crippen molar-refractivity contribution in [1.82, 2.24) is 10.3 Å². The third-order valence-electron chi connectivity index (χ3n) is 2.49. The molecule has 0 aliphatic rings. The summed E-state index contributed by atoms with van der Waals surface area (Å²) in [4.78, 5) is 15.8. The molecule has 6 nitrogen and oxygen atoms in total. The highest BCUT2D eigenvalue weighted by Crippen LogP contribution is 2.09. The van der Waals surface area contributed by atoms with Crippen LogP contribution in [0.25, 0.3) is 0 Å². The van der Waals surface area contributed by atoms with Crippen LogP contribution in [0.15, 0.2) is 12.3 Å². The highest BCUT2D eigenvalue weighted by atomic mass is 32.2. The summed E-state index contributed by atoms with van der Waals surface area (Å²) in [6.45, 7) is 3.35. The number of nitrogen functional groups attached to an aromatic ring is 1. The fourth-order valence-electron chi connectivity index (χ4n) is 1.34. The molecule has 100 valence electrons. The summed E-state index contributed by atoms with van der Waals surface area (Å²) in [7, 11) is -3.07. The minimum atomic E-state index is -3.07. The van der Waals surface area contributed by atoms with Crippen LogP contribution in [0.2, 0.25) is 0 Å². The van der Waals surface area contributed by atoms with E-state index in [1.54, 1.807) is 13.8 Å². The normalized spacial score (nSPS) is 11.2. The van der Waals surface area contributed by atoms with E-state index in [0.29, 0.717) is 16.9 Å². The van der Waals surface area contributed by atoms with Gasteiger partial charge in [-0.25, -0.2) is 8.42 Å². The van der Waals surface area contributed by atoms with Crippen molar-refractivity contribution in [2.24, 2.45) is 0 Å². The van der Waals surface area contributed by atoms with Crippen molar-refractivity contribution >= 4 is 21.4 Å². The van der Waals surface area contributed by atoms with E-state index in [1.807, 2.05) is 0 Å². The molecule has 0 bridgehead atoms. The average Bonchev–Trinajstić information content (AvgIpc) is 2.32. The molecule has 0 atom stereocenters. The molecule has 1 aromatic heterocycles. The van der Waals surface area contributed by atoms with E-state index in [9.17, 15) is 13.2 Å². The van der Waals surface area contributed by atoms with E-state index in [4.69, 9.17) is 5.73 Å². The molecule has 0 aliphatic heterocycles. The average molecular weight is 271 g/mol. The van der Waals surface area contributed by atoms with Gasteiger partial charge in [0.25, 0.3) is 5.91 Å². The molecule has 0 aliphatic carbocycles. The molecular weight excluding hydrogens is 254 g/mol. The van der Waals surface area contributed by atoms with Crippen molar-refractivity contribution in [1.29, 1.82) is 0 Å². The van der Waals surface area contributed by atoms with E-state index in [1.165, 1.54) is 12.3 Å². The van der Waals surface area contributed by atoms with Gasteiger partial charge in [0, 0.05) is 12.3 Å². The van der Waals surface area contributed by atoms with Crippen LogP contribution in [-0.4, -0.2) is 37.4 Å². The SMILES string of the molecule is CCS(=O)(=O)CCNC(=O)c1cc(N)cnc1C. The molecule has 3 N–H and O–H groups in total. The lowest BCUT2D eigenvalue weighted by Gasteiger charge is -2.07. The van der Waals surface area contributed by atoms with Crippen LogP contribution >= 0.6 is 0 Å². The molecule has 1 aromatic rings. The number of nitrogens with zero attached hydrogens (tertiary/aromatic N) is 1. The van der Waals surface area contributed by atoms with Gasteiger partial charge in [0.05, 0.1) is 28.9 Å². The Hall–Kier alpha value is -1.63. The second-order valence-electron chi connectivity index (χ2n) is 3.89. The van der Waals surface area contributed by atoms with E-state index in [-0.39, 0.29) is 24.0 Å². The van der Waals surface area contributed by atoms with E-state index in [2.05, 4.69) is 10.3 Å². The number of hydrogen-bond donors (Lipinski definition) is 2. The van der Waals surface area contributed by atoms with Crippen molar-refractivity contribution in [3.63, 3.8) is 0 Å². The largest absolute Gasteiger partial charge is 0.397 e. The lowest BCUT2D eigenvalue weighted by Crippen LogP contribution is -2.30. The fourth-order valence-corrected chi connectivity index (χ4v) is 2.04. The summed E-state index contributed by atoms with van der Waals surface area (Å²) in [5.41, 5.74) is 6.86. The molecule has 0 fully saturated rings. The van der Waals surface area contributed by atoms with Crippen molar-refractivity contribution < 1.29 is 13.2 Å². The lowest BCUT2D eigenvalue weighted by molar-refractivity contribution is 0.0955. The quantitative estimate of drug-likeness (QED) is 0.793. The lowest BCUT2D eigenvalue weighted by atomic mass is 10.2. The first kappa shape index (κ1) is 14.4. The van der Waals surface area contributed by atoms with Gasteiger partial charge in [0.15, 0.2) is 9.84 Å². The Labute approximate surface area is 107 Å². The van der Waals surface area contributed by atoms with E-state index < -0.39 is 9.84 Å². The number of nitrogens with two attached hydrogens (primary N) is 1. The predicted octanol–water partition coefficient (Wildman–Crippen LogP) is 0.137. The molecule has 0 saturated heterocycles. The Balaban J connectivity index is 2.64. The molecule has 18 heavy (non-hydrogen) atoms. The predicted molar refractivity (Wildman–Crippen MR) is 70.0 cm³/mol. The Bertz CT molecular complexity index is 540. The van der Waals surface area contributed by atoms with Crippen LogP contribution in [0.5, 0.6) is 0 Å². The van der Waals surface area contributed by atoms with Gasteiger partial charge in [-0.3, -0.25) is 9.78 Å². The number of sulfone groups is 1. The number of rotatable bonds is 5. The summed E-state index contributed by atoms with van der Waals surface area (Å²) >= 11 is 0. The Morgan fingerprint density at radius 3 is 2.78 bits per heavy atom. The summed E-state index contributed by atoms with van der Waals surface area (Å²) in [5, 5.41) is 2.54. The smallest absolute Gasteiger partial charge is 0.253 e. The highest BCUT2D eigenvalue weighted by Gasteiger charge is 2.12. The highest BCUT2D eigenvalue weighted by molar-refractivity contribution is 7.91. The van der Waals surface area contributed by atoms with Gasteiger partial charge in [-0.15, -0.1) is 0 Å². The van der Waals surface area contributed by atoms with E-state index >= 15 is 0 Å². The van der Waals surface area contributed by atoms with Crippen LogP contribution in [0.3, 0.4) is 0 Å². The molecular formula is C11H17N3O3S. The molecule has 0 aromatic carbocycles. The minimum absolute atomic E-state index is 0.0654. The molecule has 0 spiro atoms. The van der Waals surface area contributed by atoms with Crippen LogP contribution in [0.1, 0.15) is 23.0 Å². The van der Waals surface area contributed by atoms with Gasteiger partial charge in [0.1, 0.15) is 0 Å². The maximum absolute atomic E-state index is 11.8. The molecule has 0 unspecified atom stereocenters. The first-order chi connectivity index (χ1) is 8.35. The van der Waals surface area contributed by atoms with Gasteiger partial charge < -0.3 is 11.1 Å². The zero-order valence-corrected chi connectivity index (χ0v) is 11.3. The van der Waals surface area contributed by atoms with Crippen molar-refractivity contribution in [2.75, 3.05) is 23.8 Å². The van der Waals surface area contributed by atoms with Gasteiger partial charge in [0.2, 0.25) is 0 Å². The first-order valence-electron chi connectivity index (χ1n) is 5.56. The number of nitrogens with one attached hydrogen (secondary N) is 1. The van der Waals surface area contributed by atoms with Gasteiger partial charge >= 0.3 is 0 Å². The number of carbonyl (C=O) groups excluding carboxylic acids is 1. The van der Waals surface area contributed by atoms with Crippen LogP contribution < -0.4 is 11.1 Å². The van der Waals surface area contributed by atoms with Crippen LogP contribution in [0.4, 0.5) is 5.69 Å². The third-order valence-corrected chi connectivity index (χ3v) is 4.20. The molecule has 1 heterocycles. The monoisotopic (exact) mass is 271 g/mol. The zero-order chi connectivity index (χ0) is 13.8. The second-order valence-corrected chi connectivity index (χ2v) is 6.37. The molecule has 7 heteroatoms. The van der Waals surface area contributed by atoms with Gasteiger partial charge in [-0.05, 0) is 13.0 Å². The summed E-state index contributed by atoms with van der Waals surface area (Å²) in [6.07, 6.45) is 1.47. The number of aromatic nitrogens is 1. The fraction of sp³-hybridized carbons (Fsp3) is 0.455. The van der Waals surface area contributed by atoms with Crippen LogP contribution in [-0.2, 0) is 9.84 Å². The molecule has 1 amide bonds. The summed E-state index contributed by atoms with van der Waals surface area (Å²) in [5.74, 6) is -0.357. The number of amides is 1. The Kier molecular flexibility index (Phi) is 4.66. The standard InChI is InChI=1S/C11H17N3O3S/c1-3-18(16,17)5-4-13-11(15)10-6-9(12)7-14-8(10)2/h6-7H,3-5,12H2,1-2H3,(H,13,15). The maximum Gasteiger partial charge on any atom is 0.253 e. The minimum Gasteiger partial charge on any atom is -0.397 e. The first-order valence-corrected chi connectivity index (χ1v) is 7.38. The number of aryl methyl sites for hydroxylation is 1. The number of hydrogen-bond acceptors (Lipinski definition) is 5. The van der Waals surface area contributed by atoms with Crippen molar-refractivity contribution in [3.05, 3.63) is 23.5 Å². The summed E-state index contributed by atoms with van der Waals surface area (Å²) < 4.78 is 22.5. The van der Waals surface area contributed by atoms with Crippen LogP contribution in [0, 0.1) is 6.92 Å². The Morgan fingerprint density at radius 2 is 2.17 bits per heavy atom. The number of carbonyl (C=O) groups is 1. The van der Waals surface area contributed by atoms with Crippen molar-refractivity contribution in [2.45, 2.75) is 13.8 Å². The molecule has 1 rings (SSSR count). The van der Waals surface area contributed by atoms with Gasteiger partial charge in [-0.2, -0.15) is 0 Å². The zero-order valence-electron chi connectivity index (χ0n) is 10.4. The number of pyridine rings is 1. The summed E-state index contributed by atoms with van der Waals surface area (Å²) in [6, 6.07) is 1.52. The maximum atomic E-state index is 11.8. The molecule has 0 radical (unpaired) electrons. The topological polar surface area (TPSA) is 102 Å². The third kappa shape index (κ3) is 3.99. The van der Waals surface area contributed by atoms with Crippen molar-refractivity contribution in [3.8, 4) is 0 Å².